The summed E-state index contributed by atoms with van der Waals surface area (Å²) in [5, 5.41) is 17.0. The van der Waals surface area contributed by atoms with Crippen LogP contribution in [0.5, 0.6) is 0 Å². The van der Waals surface area contributed by atoms with E-state index in [4.69, 9.17) is 4.74 Å². The summed E-state index contributed by atoms with van der Waals surface area (Å²) in [4.78, 5) is 48.5. The van der Waals surface area contributed by atoms with E-state index in [1.807, 2.05) is 13.8 Å². The number of ether oxygens (including phenoxy) is 2. The van der Waals surface area contributed by atoms with Gasteiger partial charge in [-0.15, -0.1) is 0 Å². The van der Waals surface area contributed by atoms with Crippen molar-refractivity contribution in [2.45, 2.75) is 84.5 Å². The molecule has 0 aliphatic carbocycles. The molecule has 0 fully saturated rings. The van der Waals surface area contributed by atoms with E-state index in [-0.39, 0.29) is 25.4 Å². The van der Waals surface area contributed by atoms with Gasteiger partial charge < -0.3 is 30.5 Å². The highest BCUT2D eigenvalue weighted by Crippen LogP contribution is 2.09. The lowest BCUT2D eigenvalue weighted by atomic mass is 10.0. The Bertz CT molecular complexity index is 587. The summed E-state index contributed by atoms with van der Waals surface area (Å²) in [6, 6.07) is -2.44. The lowest BCUT2D eigenvalue weighted by Gasteiger charge is -2.25. The maximum absolute atomic E-state index is 12.6. The number of methoxy groups -OCH3 is 1. The van der Waals surface area contributed by atoms with Crippen LogP contribution in [0.25, 0.3) is 0 Å². The van der Waals surface area contributed by atoms with Gasteiger partial charge in [0.25, 0.3) is 0 Å². The lowest BCUT2D eigenvalue weighted by Crippen LogP contribution is -2.54. The molecular weight excluding hydrogens is 394 g/mol. The molecular formula is C20H37N3O7. The van der Waals surface area contributed by atoms with Gasteiger partial charge in [-0.1, -0.05) is 13.8 Å². The topological polar surface area (TPSA) is 143 Å². The van der Waals surface area contributed by atoms with Gasteiger partial charge in [-0.05, 0) is 46.5 Å². The maximum Gasteiger partial charge on any atom is 0.408 e. The Kier molecular flexibility index (Phi) is 12.0. The van der Waals surface area contributed by atoms with Crippen molar-refractivity contribution >= 4 is 23.9 Å². The van der Waals surface area contributed by atoms with Gasteiger partial charge in [0.2, 0.25) is 11.8 Å². The minimum atomic E-state index is -1.10. The minimum Gasteiger partial charge on any atom is -0.469 e. The van der Waals surface area contributed by atoms with Gasteiger partial charge >= 0.3 is 12.1 Å². The molecule has 0 bridgehead atoms. The largest absolute Gasteiger partial charge is 0.469 e. The molecule has 0 rings (SSSR count). The van der Waals surface area contributed by atoms with E-state index in [9.17, 15) is 24.3 Å². The van der Waals surface area contributed by atoms with Crippen molar-refractivity contribution in [2.75, 3.05) is 13.7 Å². The molecule has 30 heavy (non-hydrogen) atoms. The Labute approximate surface area is 178 Å². The zero-order chi connectivity index (χ0) is 23.5. The molecule has 3 amide bonds. The number of amides is 3. The number of alkyl carbamates (subject to hydrolysis) is 1. The zero-order valence-corrected chi connectivity index (χ0v) is 19.0. The molecule has 0 aromatic carbocycles. The molecule has 0 aliphatic rings. The van der Waals surface area contributed by atoms with Crippen LogP contribution in [-0.4, -0.2) is 66.4 Å². The van der Waals surface area contributed by atoms with Crippen molar-refractivity contribution in [3.8, 4) is 0 Å². The van der Waals surface area contributed by atoms with Gasteiger partial charge in [0.05, 0.1) is 19.8 Å². The molecule has 0 saturated carbocycles. The minimum absolute atomic E-state index is 0.0291. The molecule has 3 atom stereocenters. The SMILES string of the molecule is COC(=O)CC[C@H](NC(=O)OC(C)(C)C)C(=O)N[C@@H](C)C(=O)N[C@H](CO)CC(C)C. The maximum atomic E-state index is 12.6. The highest BCUT2D eigenvalue weighted by Gasteiger charge is 2.28. The van der Waals surface area contributed by atoms with Crippen LogP contribution in [0.3, 0.4) is 0 Å². The van der Waals surface area contributed by atoms with Crippen LogP contribution in [-0.2, 0) is 23.9 Å². The Morgan fingerprint density at radius 2 is 1.57 bits per heavy atom. The van der Waals surface area contributed by atoms with Crippen LogP contribution in [0.1, 0.15) is 60.8 Å². The normalized spacial score (nSPS) is 14.3. The number of esters is 1. The molecule has 0 aromatic rings. The lowest BCUT2D eigenvalue weighted by molar-refractivity contribution is -0.141. The zero-order valence-electron chi connectivity index (χ0n) is 19.0. The van der Waals surface area contributed by atoms with E-state index in [1.165, 1.54) is 14.0 Å². The second-order valence-electron chi connectivity index (χ2n) is 8.56. The van der Waals surface area contributed by atoms with E-state index in [0.717, 1.165) is 0 Å². The first-order chi connectivity index (χ1) is 13.8. The summed E-state index contributed by atoms with van der Waals surface area (Å²) in [5.74, 6) is -1.37. The van der Waals surface area contributed by atoms with E-state index >= 15 is 0 Å². The molecule has 0 heterocycles. The molecule has 0 unspecified atom stereocenters. The Morgan fingerprint density at radius 3 is 2.03 bits per heavy atom. The molecule has 174 valence electrons. The smallest absolute Gasteiger partial charge is 0.408 e. The van der Waals surface area contributed by atoms with Gasteiger partial charge in [-0.2, -0.15) is 0 Å². The average Bonchev–Trinajstić information content (AvgIpc) is 2.61. The first kappa shape index (κ1) is 27.6. The number of carbonyl (C=O) groups is 4. The van der Waals surface area contributed by atoms with Crippen molar-refractivity contribution in [1.82, 2.24) is 16.0 Å². The molecule has 10 heteroatoms. The van der Waals surface area contributed by atoms with Gasteiger partial charge in [0.15, 0.2) is 0 Å². The Morgan fingerprint density at radius 1 is 0.967 bits per heavy atom. The number of carbonyl (C=O) groups excluding carboxylic acids is 4. The summed E-state index contributed by atoms with van der Waals surface area (Å²) in [6.07, 6.45) is -0.364. The van der Waals surface area contributed by atoms with Gasteiger partial charge in [0, 0.05) is 6.42 Å². The highest BCUT2D eigenvalue weighted by atomic mass is 16.6. The third-order valence-corrected chi connectivity index (χ3v) is 3.95. The molecule has 0 aromatic heterocycles. The predicted octanol–water partition coefficient (Wildman–Crippen LogP) is 0.861. The molecule has 0 spiro atoms. The van der Waals surface area contributed by atoms with Crippen molar-refractivity contribution in [1.29, 1.82) is 0 Å². The van der Waals surface area contributed by atoms with E-state index in [2.05, 4.69) is 20.7 Å². The molecule has 0 saturated heterocycles. The molecule has 0 aliphatic heterocycles. The Hall–Kier alpha value is -2.36. The Balaban J connectivity index is 5.03. The van der Waals surface area contributed by atoms with Crippen LogP contribution >= 0.6 is 0 Å². The predicted molar refractivity (Wildman–Crippen MR) is 110 cm³/mol. The number of hydrogen-bond acceptors (Lipinski definition) is 7. The summed E-state index contributed by atoms with van der Waals surface area (Å²) < 4.78 is 9.73. The average molecular weight is 432 g/mol. The van der Waals surface area contributed by atoms with Gasteiger partial charge in [0.1, 0.15) is 17.7 Å². The van der Waals surface area contributed by atoms with Gasteiger partial charge in [-0.25, -0.2) is 4.79 Å². The quantitative estimate of drug-likeness (QED) is 0.355. The number of hydrogen-bond donors (Lipinski definition) is 4. The molecule has 10 nitrogen and oxygen atoms in total. The number of aliphatic hydroxyl groups is 1. The van der Waals surface area contributed by atoms with Crippen molar-refractivity contribution in [2.24, 2.45) is 5.92 Å². The second-order valence-corrected chi connectivity index (χ2v) is 8.56. The van der Waals surface area contributed by atoms with E-state index < -0.39 is 47.6 Å². The number of aliphatic hydroxyl groups excluding tert-OH is 1. The van der Waals surface area contributed by atoms with Crippen molar-refractivity contribution in [3.63, 3.8) is 0 Å². The van der Waals surface area contributed by atoms with E-state index in [0.29, 0.717) is 6.42 Å². The number of nitrogens with one attached hydrogen (secondary N) is 3. The third-order valence-electron chi connectivity index (χ3n) is 3.95. The summed E-state index contributed by atoms with van der Waals surface area (Å²) >= 11 is 0. The first-order valence-electron chi connectivity index (χ1n) is 10.1. The highest BCUT2D eigenvalue weighted by molar-refractivity contribution is 5.91. The fourth-order valence-electron chi connectivity index (χ4n) is 2.54. The van der Waals surface area contributed by atoms with Crippen LogP contribution in [0, 0.1) is 5.92 Å². The van der Waals surface area contributed by atoms with Crippen molar-refractivity contribution < 1.29 is 33.8 Å². The fraction of sp³-hybridized carbons (Fsp3) is 0.800. The monoisotopic (exact) mass is 431 g/mol. The van der Waals surface area contributed by atoms with Crippen LogP contribution in [0.4, 0.5) is 4.79 Å². The van der Waals surface area contributed by atoms with Crippen molar-refractivity contribution in [3.05, 3.63) is 0 Å². The number of rotatable bonds is 11. The molecule has 0 radical (unpaired) electrons. The summed E-state index contributed by atoms with van der Waals surface area (Å²) in [7, 11) is 1.22. The van der Waals surface area contributed by atoms with E-state index in [1.54, 1.807) is 20.8 Å². The molecule has 4 N–H and O–H groups in total. The fourth-order valence-corrected chi connectivity index (χ4v) is 2.54. The van der Waals surface area contributed by atoms with Crippen LogP contribution < -0.4 is 16.0 Å². The van der Waals surface area contributed by atoms with Crippen LogP contribution in [0.15, 0.2) is 0 Å². The summed E-state index contributed by atoms with van der Waals surface area (Å²) in [6.45, 7) is 10.2. The first-order valence-corrected chi connectivity index (χ1v) is 10.1. The summed E-state index contributed by atoms with van der Waals surface area (Å²) in [5.41, 5.74) is -0.768. The van der Waals surface area contributed by atoms with Crippen LogP contribution in [0.2, 0.25) is 0 Å². The van der Waals surface area contributed by atoms with Gasteiger partial charge in [-0.3, -0.25) is 14.4 Å². The standard InChI is InChI=1S/C20H37N3O7/c1-12(2)10-14(11-24)22-17(26)13(3)21-18(27)15(8-9-16(25)29-7)23-19(28)30-20(4,5)6/h12-15,24H,8-11H2,1-7H3,(H,21,27)(H,22,26)(H,23,28)/t13-,14-,15-/m0/s1. The second kappa shape index (κ2) is 13.0. The third kappa shape index (κ3) is 12.3.